The van der Waals surface area contributed by atoms with Gasteiger partial charge in [-0.1, -0.05) is 0 Å². The maximum absolute atomic E-state index is 12.1. The third kappa shape index (κ3) is 7.93. The zero-order chi connectivity index (χ0) is 21.2. The number of ketones is 1. The molecule has 1 aliphatic rings. The van der Waals surface area contributed by atoms with E-state index in [4.69, 9.17) is 4.42 Å². The van der Waals surface area contributed by atoms with Gasteiger partial charge in [-0.15, -0.1) is 11.8 Å². The molecule has 2 aromatic heterocycles. The molecule has 1 saturated heterocycles. The average molecular weight is 431 g/mol. The number of amides is 1. The molecule has 162 valence electrons. The number of hydrogen-bond acceptors (Lipinski definition) is 7. The Morgan fingerprint density at radius 3 is 2.80 bits per heavy atom. The second-order valence-electron chi connectivity index (χ2n) is 7.67. The van der Waals surface area contributed by atoms with Crippen LogP contribution in [0.3, 0.4) is 0 Å². The summed E-state index contributed by atoms with van der Waals surface area (Å²) in [5.41, 5.74) is 3.21. The van der Waals surface area contributed by atoms with Crippen LogP contribution in [0.25, 0.3) is 0 Å². The molecular formula is C22H30N4O3S. The number of aryl methyl sites for hydroxylation is 1. The topological polar surface area (TPSA) is 78.7 Å². The van der Waals surface area contributed by atoms with Crippen molar-refractivity contribution in [3.8, 4) is 0 Å². The van der Waals surface area contributed by atoms with E-state index < -0.39 is 0 Å². The van der Waals surface area contributed by atoms with Crippen molar-refractivity contribution >= 4 is 23.5 Å². The number of aromatic nitrogens is 1. The molecule has 0 spiro atoms. The standard InChI is InChI=1S/C22H30N4O3S/c1-25-7-9-26(10-8-25)14-18-4-6-23-20(12-18)2-3-21(27)13-24-22(28)17-30-16-19-5-11-29-15-19/h4-6,11-12,15H,2-3,7-10,13-14,16-17H2,1H3,(H,24,28). The molecule has 1 N–H and O–H groups in total. The number of nitrogens with one attached hydrogen (secondary N) is 1. The van der Waals surface area contributed by atoms with Gasteiger partial charge in [-0.25, -0.2) is 0 Å². The molecule has 1 amide bonds. The molecule has 8 heteroatoms. The van der Waals surface area contributed by atoms with Gasteiger partial charge >= 0.3 is 0 Å². The first kappa shape index (κ1) is 22.5. The minimum atomic E-state index is -0.121. The van der Waals surface area contributed by atoms with Crippen molar-refractivity contribution in [2.45, 2.75) is 25.1 Å². The van der Waals surface area contributed by atoms with Crippen molar-refractivity contribution in [2.24, 2.45) is 0 Å². The first-order chi connectivity index (χ1) is 14.6. The highest BCUT2D eigenvalue weighted by Crippen LogP contribution is 2.12. The maximum atomic E-state index is 12.1. The lowest BCUT2D eigenvalue weighted by Gasteiger charge is -2.32. The van der Waals surface area contributed by atoms with Gasteiger partial charge < -0.3 is 14.6 Å². The highest BCUT2D eigenvalue weighted by Gasteiger charge is 2.14. The van der Waals surface area contributed by atoms with Gasteiger partial charge in [-0.2, -0.15) is 0 Å². The number of hydrogen-bond donors (Lipinski definition) is 1. The third-order valence-electron chi connectivity index (χ3n) is 5.11. The molecule has 2 aromatic rings. The fourth-order valence-corrected chi connectivity index (χ4v) is 4.06. The van der Waals surface area contributed by atoms with Gasteiger partial charge in [0.1, 0.15) is 0 Å². The Bertz CT molecular complexity index is 804. The zero-order valence-electron chi connectivity index (χ0n) is 17.5. The van der Waals surface area contributed by atoms with E-state index in [1.165, 1.54) is 17.3 Å². The van der Waals surface area contributed by atoms with E-state index in [1.54, 1.807) is 12.5 Å². The number of likely N-dealkylation sites (N-methyl/N-ethyl adjacent to an activating group) is 1. The van der Waals surface area contributed by atoms with Crippen molar-refractivity contribution in [3.05, 3.63) is 53.7 Å². The van der Waals surface area contributed by atoms with Gasteiger partial charge in [-0.3, -0.25) is 19.5 Å². The van der Waals surface area contributed by atoms with Crippen molar-refractivity contribution < 1.29 is 14.0 Å². The Morgan fingerprint density at radius 1 is 1.20 bits per heavy atom. The summed E-state index contributed by atoms with van der Waals surface area (Å²) in [6, 6.07) is 6.02. The van der Waals surface area contributed by atoms with Gasteiger partial charge in [0.2, 0.25) is 5.91 Å². The lowest BCUT2D eigenvalue weighted by molar-refractivity contribution is -0.123. The van der Waals surface area contributed by atoms with Crippen LogP contribution >= 0.6 is 11.8 Å². The highest BCUT2D eigenvalue weighted by atomic mass is 32.2. The third-order valence-corrected chi connectivity index (χ3v) is 6.11. The van der Waals surface area contributed by atoms with Crippen molar-refractivity contribution in [1.82, 2.24) is 20.1 Å². The number of Topliss-reactive ketones (excluding diaryl/α,β-unsaturated/α-hetero) is 1. The van der Waals surface area contributed by atoms with E-state index in [-0.39, 0.29) is 18.2 Å². The summed E-state index contributed by atoms with van der Waals surface area (Å²) in [6.07, 6.45) is 6.09. The number of piperazine rings is 1. The molecule has 0 atom stereocenters. The van der Waals surface area contributed by atoms with E-state index in [2.05, 4.69) is 33.2 Å². The monoisotopic (exact) mass is 430 g/mol. The van der Waals surface area contributed by atoms with Crippen LogP contribution in [0.15, 0.2) is 41.3 Å². The van der Waals surface area contributed by atoms with Gasteiger partial charge in [0.15, 0.2) is 5.78 Å². The average Bonchev–Trinajstić information content (AvgIpc) is 3.26. The molecule has 3 heterocycles. The van der Waals surface area contributed by atoms with Gasteiger partial charge in [-0.05, 0) is 37.2 Å². The molecular weight excluding hydrogens is 400 g/mol. The zero-order valence-corrected chi connectivity index (χ0v) is 18.3. The van der Waals surface area contributed by atoms with Crippen LogP contribution in [-0.2, 0) is 28.3 Å². The van der Waals surface area contributed by atoms with Crippen molar-refractivity contribution in [3.63, 3.8) is 0 Å². The fraction of sp³-hybridized carbons (Fsp3) is 0.500. The Kier molecular flexibility index (Phi) is 8.92. The molecule has 7 nitrogen and oxygen atoms in total. The van der Waals surface area contributed by atoms with Crippen molar-refractivity contribution in [1.29, 1.82) is 0 Å². The van der Waals surface area contributed by atoms with Gasteiger partial charge in [0.05, 0.1) is 24.8 Å². The molecule has 0 saturated carbocycles. The van der Waals surface area contributed by atoms with E-state index in [0.29, 0.717) is 24.3 Å². The first-order valence-corrected chi connectivity index (χ1v) is 11.5. The molecule has 0 radical (unpaired) electrons. The predicted octanol–water partition coefficient (Wildman–Crippen LogP) is 1.97. The number of carbonyl (C=O) groups is 2. The van der Waals surface area contributed by atoms with Crippen molar-refractivity contribution in [2.75, 3.05) is 45.5 Å². The SMILES string of the molecule is CN1CCN(Cc2ccnc(CCC(=O)CNC(=O)CSCc3ccoc3)c2)CC1. The van der Waals surface area contributed by atoms with Crippen LogP contribution in [-0.4, -0.2) is 72.0 Å². The Labute approximate surface area is 182 Å². The Balaban J connectivity index is 1.32. The normalized spacial score (nSPS) is 15.2. The predicted molar refractivity (Wildman–Crippen MR) is 118 cm³/mol. The summed E-state index contributed by atoms with van der Waals surface area (Å²) >= 11 is 1.50. The lowest BCUT2D eigenvalue weighted by atomic mass is 10.1. The molecule has 1 aliphatic heterocycles. The van der Waals surface area contributed by atoms with E-state index in [0.717, 1.165) is 44.0 Å². The Hall–Kier alpha value is -2.16. The maximum Gasteiger partial charge on any atom is 0.230 e. The van der Waals surface area contributed by atoms with Crippen LogP contribution in [0.4, 0.5) is 0 Å². The minimum Gasteiger partial charge on any atom is -0.472 e. The fourth-order valence-electron chi connectivity index (χ4n) is 3.27. The minimum absolute atomic E-state index is 0.0226. The van der Waals surface area contributed by atoms with Crippen LogP contribution in [0.5, 0.6) is 0 Å². The Morgan fingerprint density at radius 2 is 2.03 bits per heavy atom. The number of furan rings is 1. The molecule has 0 bridgehead atoms. The number of rotatable bonds is 11. The molecule has 0 unspecified atom stereocenters. The van der Waals surface area contributed by atoms with Crippen LogP contribution in [0.1, 0.15) is 23.2 Å². The van der Waals surface area contributed by atoms with Gasteiger partial charge in [0.25, 0.3) is 0 Å². The smallest absolute Gasteiger partial charge is 0.230 e. The molecule has 0 aliphatic carbocycles. The first-order valence-electron chi connectivity index (χ1n) is 10.3. The summed E-state index contributed by atoms with van der Waals surface area (Å²) in [6.45, 7) is 5.34. The quantitative estimate of drug-likeness (QED) is 0.584. The van der Waals surface area contributed by atoms with E-state index in [1.807, 2.05) is 18.3 Å². The second kappa shape index (κ2) is 11.9. The van der Waals surface area contributed by atoms with Crippen LogP contribution in [0.2, 0.25) is 0 Å². The number of nitrogens with zero attached hydrogens (tertiary/aromatic N) is 3. The summed E-state index contributed by atoms with van der Waals surface area (Å²) in [7, 11) is 2.15. The van der Waals surface area contributed by atoms with Crippen LogP contribution < -0.4 is 5.32 Å². The second-order valence-corrected chi connectivity index (χ2v) is 8.66. The molecule has 3 rings (SSSR count). The number of thioether (sulfide) groups is 1. The van der Waals surface area contributed by atoms with E-state index in [9.17, 15) is 9.59 Å². The summed E-state index contributed by atoms with van der Waals surface area (Å²) in [5, 5.41) is 2.70. The number of pyridine rings is 1. The lowest BCUT2D eigenvalue weighted by Crippen LogP contribution is -2.43. The van der Waals surface area contributed by atoms with Gasteiger partial charge in [0, 0.05) is 62.4 Å². The molecule has 1 fully saturated rings. The van der Waals surface area contributed by atoms with E-state index >= 15 is 0 Å². The number of carbonyl (C=O) groups excluding carboxylic acids is 2. The summed E-state index contributed by atoms with van der Waals surface area (Å²) in [4.78, 5) is 33.2. The van der Waals surface area contributed by atoms with Crippen LogP contribution in [0, 0.1) is 0 Å². The molecule has 30 heavy (non-hydrogen) atoms. The largest absolute Gasteiger partial charge is 0.472 e. The highest BCUT2D eigenvalue weighted by molar-refractivity contribution is 7.99. The molecule has 0 aromatic carbocycles. The summed E-state index contributed by atoms with van der Waals surface area (Å²) < 4.78 is 5.00. The summed E-state index contributed by atoms with van der Waals surface area (Å²) in [5.74, 6) is 0.945.